The van der Waals surface area contributed by atoms with E-state index in [0.29, 0.717) is 45.5 Å². The number of hydrogen-bond donors (Lipinski definition) is 2. The Kier molecular flexibility index (Phi) is 5.41. The van der Waals surface area contributed by atoms with Crippen molar-refractivity contribution in [3.8, 4) is 17.1 Å². The first-order valence-electron chi connectivity index (χ1n) is 8.43. The molecule has 0 saturated carbocycles. The van der Waals surface area contributed by atoms with Gasteiger partial charge in [-0.15, -0.1) is 0 Å². The molecule has 3 rings (SSSR count). The molecule has 3 aromatic rings. The third kappa shape index (κ3) is 3.25. The number of aromatic nitrogens is 4. The molecule has 0 aliphatic heterocycles. The highest BCUT2D eigenvalue weighted by Gasteiger charge is 2.23. The molecular formula is C18H21ClN4O3. The smallest absolute Gasteiger partial charge is 0.222 e. The van der Waals surface area contributed by atoms with Crippen LogP contribution in [0.4, 0.5) is 0 Å². The van der Waals surface area contributed by atoms with E-state index >= 15 is 0 Å². The monoisotopic (exact) mass is 376 g/mol. The Hall–Kier alpha value is -2.22. The van der Waals surface area contributed by atoms with Crippen LogP contribution in [0, 0.1) is 0 Å². The van der Waals surface area contributed by atoms with Gasteiger partial charge in [0, 0.05) is 12.2 Å². The van der Waals surface area contributed by atoms with Crippen LogP contribution in [0.15, 0.2) is 24.4 Å². The van der Waals surface area contributed by atoms with Gasteiger partial charge in [-0.3, -0.25) is 4.68 Å². The van der Waals surface area contributed by atoms with Crippen molar-refractivity contribution in [1.82, 2.24) is 19.7 Å². The molecule has 26 heavy (non-hydrogen) atoms. The third-order valence-electron chi connectivity index (χ3n) is 3.94. The van der Waals surface area contributed by atoms with E-state index in [1.165, 1.54) is 0 Å². The zero-order chi connectivity index (χ0) is 18.8. The zero-order valence-corrected chi connectivity index (χ0v) is 15.6. The maximum atomic E-state index is 10.2. The Labute approximate surface area is 156 Å². The van der Waals surface area contributed by atoms with Gasteiger partial charge in [0.05, 0.1) is 29.5 Å². The maximum Gasteiger partial charge on any atom is 0.222 e. The first-order valence-corrected chi connectivity index (χ1v) is 8.81. The predicted molar refractivity (Wildman–Crippen MR) is 99.4 cm³/mol. The molecule has 8 heteroatoms. The molecule has 0 spiro atoms. The lowest BCUT2D eigenvalue weighted by Gasteiger charge is -2.11. The lowest BCUT2D eigenvalue weighted by atomic mass is 10.1. The van der Waals surface area contributed by atoms with E-state index in [4.69, 9.17) is 16.3 Å². The molecule has 0 saturated heterocycles. The minimum atomic E-state index is -1.14. The van der Waals surface area contributed by atoms with E-state index in [2.05, 4.69) is 15.1 Å². The molecule has 138 valence electrons. The van der Waals surface area contributed by atoms with E-state index in [0.717, 1.165) is 0 Å². The molecule has 0 aromatic carbocycles. The SMILES string of the molecule is CCOc1ncccc1-c1cc(Cl)c2c(n1)c(C(O)CO)nn2C(C)C. The van der Waals surface area contributed by atoms with E-state index < -0.39 is 12.7 Å². The molecule has 0 fully saturated rings. The predicted octanol–water partition coefficient (Wildman–Crippen LogP) is 3.15. The molecule has 7 nitrogen and oxygen atoms in total. The van der Waals surface area contributed by atoms with Crippen molar-refractivity contribution in [3.63, 3.8) is 0 Å². The van der Waals surface area contributed by atoms with Crippen LogP contribution in [0.2, 0.25) is 5.02 Å². The van der Waals surface area contributed by atoms with Gasteiger partial charge in [0.2, 0.25) is 5.88 Å². The van der Waals surface area contributed by atoms with Gasteiger partial charge in [-0.1, -0.05) is 11.6 Å². The number of fused-ring (bicyclic) bond motifs is 1. The molecule has 1 atom stereocenters. The van der Waals surface area contributed by atoms with Gasteiger partial charge in [-0.05, 0) is 39.0 Å². The standard InChI is InChI=1S/C18H21ClN4O3/c1-4-26-18-11(6-5-7-20-18)13-8-12(19)17-16(21-13)15(14(25)9-24)22-23(17)10(2)3/h5-8,10,14,24-25H,4,9H2,1-3H3. The van der Waals surface area contributed by atoms with Crippen molar-refractivity contribution in [2.45, 2.75) is 32.9 Å². The maximum absolute atomic E-state index is 10.2. The fraction of sp³-hybridized carbons (Fsp3) is 0.389. The Balaban J connectivity index is 2.28. The summed E-state index contributed by atoms with van der Waals surface area (Å²) in [7, 11) is 0. The van der Waals surface area contributed by atoms with E-state index in [1.807, 2.05) is 26.8 Å². The quantitative estimate of drug-likeness (QED) is 0.686. The molecule has 3 aromatic heterocycles. The second-order valence-electron chi connectivity index (χ2n) is 6.10. The highest BCUT2D eigenvalue weighted by molar-refractivity contribution is 6.35. The summed E-state index contributed by atoms with van der Waals surface area (Å²) in [5.41, 5.74) is 2.62. The minimum Gasteiger partial charge on any atom is -0.477 e. The average molecular weight is 377 g/mol. The molecule has 0 amide bonds. The lowest BCUT2D eigenvalue weighted by Crippen LogP contribution is -2.07. The first-order chi connectivity index (χ1) is 12.5. The van der Waals surface area contributed by atoms with Crippen molar-refractivity contribution in [1.29, 1.82) is 0 Å². The number of aliphatic hydroxyl groups is 2. The highest BCUT2D eigenvalue weighted by atomic mass is 35.5. The minimum absolute atomic E-state index is 0.0136. The van der Waals surface area contributed by atoms with Gasteiger partial charge in [0.25, 0.3) is 0 Å². The number of rotatable bonds is 6. The Bertz CT molecular complexity index is 926. The topological polar surface area (TPSA) is 93.3 Å². The summed E-state index contributed by atoms with van der Waals surface area (Å²) in [6.07, 6.45) is 0.503. The van der Waals surface area contributed by atoms with Crippen LogP contribution in [-0.4, -0.2) is 43.2 Å². The first kappa shape index (κ1) is 18.6. The molecule has 1 unspecified atom stereocenters. The summed E-state index contributed by atoms with van der Waals surface area (Å²) in [5, 5.41) is 24.4. The fourth-order valence-electron chi connectivity index (χ4n) is 2.78. The summed E-state index contributed by atoms with van der Waals surface area (Å²) in [4.78, 5) is 8.91. The van der Waals surface area contributed by atoms with Crippen molar-refractivity contribution < 1.29 is 14.9 Å². The molecule has 0 aliphatic rings. The number of aliphatic hydroxyl groups excluding tert-OH is 2. The van der Waals surface area contributed by atoms with Crippen LogP contribution in [0.1, 0.15) is 38.6 Å². The number of ether oxygens (including phenoxy) is 1. The zero-order valence-electron chi connectivity index (χ0n) is 14.8. The highest BCUT2D eigenvalue weighted by Crippen LogP contribution is 2.35. The Morgan fingerprint density at radius 1 is 1.35 bits per heavy atom. The van der Waals surface area contributed by atoms with Crippen molar-refractivity contribution >= 4 is 22.6 Å². The van der Waals surface area contributed by atoms with Gasteiger partial charge in [-0.2, -0.15) is 5.10 Å². The van der Waals surface area contributed by atoms with E-state index in [9.17, 15) is 10.2 Å². The number of hydrogen-bond acceptors (Lipinski definition) is 6. The number of pyridine rings is 2. The summed E-state index contributed by atoms with van der Waals surface area (Å²) in [6.45, 7) is 5.81. The van der Waals surface area contributed by atoms with Crippen LogP contribution < -0.4 is 4.74 Å². The van der Waals surface area contributed by atoms with Gasteiger partial charge in [-0.25, -0.2) is 9.97 Å². The van der Waals surface area contributed by atoms with Gasteiger partial charge >= 0.3 is 0 Å². The Morgan fingerprint density at radius 2 is 2.12 bits per heavy atom. The summed E-state index contributed by atoms with van der Waals surface area (Å²) in [5.74, 6) is 0.457. The number of halogens is 1. The van der Waals surface area contributed by atoms with Crippen LogP contribution in [0.25, 0.3) is 22.3 Å². The van der Waals surface area contributed by atoms with Gasteiger partial charge < -0.3 is 14.9 Å². The average Bonchev–Trinajstić information content (AvgIpc) is 3.02. The fourth-order valence-corrected chi connectivity index (χ4v) is 3.06. The largest absolute Gasteiger partial charge is 0.477 e. The molecule has 0 radical (unpaired) electrons. The molecule has 3 heterocycles. The second-order valence-corrected chi connectivity index (χ2v) is 6.50. The van der Waals surface area contributed by atoms with Gasteiger partial charge in [0.15, 0.2) is 0 Å². The molecular weight excluding hydrogens is 356 g/mol. The van der Waals surface area contributed by atoms with Crippen LogP contribution >= 0.6 is 11.6 Å². The van der Waals surface area contributed by atoms with Crippen LogP contribution in [-0.2, 0) is 0 Å². The molecule has 0 bridgehead atoms. The number of nitrogens with zero attached hydrogens (tertiary/aromatic N) is 4. The lowest BCUT2D eigenvalue weighted by molar-refractivity contribution is 0.0924. The van der Waals surface area contributed by atoms with E-state index in [-0.39, 0.29) is 6.04 Å². The summed E-state index contributed by atoms with van der Waals surface area (Å²) >= 11 is 6.55. The summed E-state index contributed by atoms with van der Waals surface area (Å²) < 4.78 is 7.28. The normalized spacial score (nSPS) is 12.7. The van der Waals surface area contributed by atoms with E-state index in [1.54, 1.807) is 23.0 Å². The summed E-state index contributed by atoms with van der Waals surface area (Å²) in [6, 6.07) is 5.38. The van der Waals surface area contributed by atoms with Crippen molar-refractivity contribution in [2.24, 2.45) is 0 Å². The molecule has 2 N–H and O–H groups in total. The van der Waals surface area contributed by atoms with Crippen LogP contribution in [0.5, 0.6) is 5.88 Å². The van der Waals surface area contributed by atoms with Crippen molar-refractivity contribution in [3.05, 3.63) is 35.1 Å². The van der Waals surface area contributed by atoms with Crippen LogP contribution in [0.3, 0.4) is 0 Å². The Morgan fingerprint density at radius 3 is 2.77 bits per heavy atom. The van der Waals surface area contributed by atoms with Crippen molar-refractivity contribution in [2.75, 3.05) is 13.2 Å². The molecule has 0 aliphatic carbocycles. The second kappa shape index (κ2) is 7.57. The van der Waals surface area contributed by atoms with Gasteiger partial charge in [0.1, 0.15) is 22.8 Å². The third-order valence-corrected chi connectivity index (χ3v) is 4.23.